The van der Waals surface area contributed by atoms with E-state index >= 15 is 0 Å². The van der Waals surface area contributed by atoms with E-state index in [1.165, 1.54) is 48.1 Å². The Morgan fingerprint density at radius 2 is 1.26 bits per heavy atom. The van der Waals surface area contributed by atoms with Crippen LogP contribution in [-0.2, 0) is 6.42 Å². The van der Waals surface area contributed by atoms with Gasteiger partial charge in [-0.15, -0.1) is 0 Å². The van der Waals surface area contributed by atoms with Crippen molar-refractivity contribution in [3.05, 3.63) is 82.9 Å². The lowest BCUT2D eigenvalue weighted by Crippen LogP contribution is -2.12. The summed E-state index contributed by atoms with van der Waals surface area (Å²) in [5.41, 5.74) is 4.14. The molecule has 3 aromatic rings. The number of rotatable bonds is 4. The smallest absolute Gasteiger partial charge is 0.159 e. The first-order valence-electron chi connectivity index (χ1n) is 10.1. The maximum Gasteiger partial charge on any atom is 0.159 e. The zero-order valence-electron chi connectivity index (χ0n) is 15.8. The van der Waals surface area contributed by atoms with Crippen LogP contribution in [0, 0.1) is 11.6 Å². The van der Waals surface area contributed by atoms with E-state index in [9.17, 15) is 8.78 Å². The van der Waals surface area contributed by atoms with Crippen molar-refractivity contribution in [2.24, 2.45) is 0 Å². The van der Waals surface area contributed by atoms with Crippen LogP contribution in [0.3, 0.4) is 0 Å². The molecule has 0 aromatic heterocycles. The summed E-state index contributed by atoms with van der Waals surface area (Å²) >= 11 is 0. The third kappa shape index (κ3) is 3.90. The fourth-order valence-electron chi connectivity index (χ4n) is 4.52. The van der Waals surface area contributed by atoms with Crippen molar-refractivity contribution in [1.82, 2.24) is 0 Å². The van der Waals surface area contributed by atoms with Crippen LogP contribution in [0.25, 0.3) is 10.8 Å². The van der Waals surface area contributed by atoms with Crippen LogP contribution in [0.5, 0.6) is 0 Å². The van der Waals surface area contributed by atoms with Crippen molar-refractivity contribution in [3.63, 3.8) is 0 Å². The van der Waals surface area contributed by atoms with Crippen LogP contribution in [-0.4, -0.2) is 0 Å². The van der Waals surface area contributed by atoms with Crippen molar-refractivity contribution in [2.75, 3.05) is 0 Å². The third-order valence-corrected chi connectivity index (χ3v) is 6.09. The molecule has 0 atom stereocenters. The van der Waals surface area contributed by atoms with Crippen molar-refractivity contribution in [1.29, 1.82) is 0 Å². The number of fused-ring (bicyclic) bond motifs is 1. The summed E-state index contributed by atoms with van der Waals surface area (Å²) in [5, 5.41) is 1.55. The summed E-state index contributed by atoms with van der Waals surface area (Å²) in [6.45, 7) is 2.22. The molecule has 27 heavy (non-hydrogen) atoms. The molecule has 1 aliphatic rings. The van der Waals surface area contributed by atoms with Crippen LogP contribution >= 0.6 is 0 Å². The summed E-state index contributed by atoms with van der Waals surface area (Å²) < 4.78 is 27.0. The molecular formula is C25H26F2. The number of aryl methyl sites for hydroxylation is 1. The number of hydrogen-bond acceptors (Lipinski definition) is 0. The van der Waals surface area contributed by atoms with Gasteiger partial charge in [-0.2, -0.15) is 0 Å². The molecule has 2 heteroatoms. The molecule has 140 valence electrons. The minimum Gasteiger partial charge on any atom is -0.204 e. The van der Waals surface area contributed by atoms with E-state index in [1.54, 1.807) is 0 Å². The highest BCUT2D eigenvalue weighted by molar-refractivity contribution is 5.83. The van der Waals surface area contributed by atoms with E-state index in [0.717, 1.165) is 30.0 Å². The highest BCUT2D eigenvalue weighted by Gasteiger charge is 2.23. The van der Waals surface area contributed by atoms with Gasteiger partial charge in [-0.05, 0) is 83.5 Å². The van der Waals surface area contributed by atoms with Crippen LogP contribution in [0.4, 0.5) is 8.78 Å². The van der Waals surface area contributed by atoms with Gasteiger partial charge in [0.1, 0.15) is 0 Å². The predicted octanol–water partition coefficient (Wildman–Crippen LogP) is 7.51. The second kappa shape index (κ2) is 7.80. The van der Waals surface area contributed by atoms with Crippen LogP contribution in [0.1, 0.15) is 67.6 Å². The lowest BCUT2D eigenvalue weighted by Gasteiger charge is -2.29. The second-order valence-corrected chi connectivity index (χ2v) is 7.91. The zero-order valence-corrected chi connectivity index (χ0v) is 15.8. The second-order valence-electron chi connectivity index (χ2n) is 7.91. The first-order valence-corrected chi connectivity index (χ1v) is 10.1. The van der Waals surface area contributed by atoms with Crippen LogP contribution in [0.15, 0.2) is 54.6 Å². The Morgan fingerprint density at radius 1 is 0.704 bits per heavy atom. The van der Waals surface area contributed by atoms with Gasteiger partial charge < -0.3 is 0 Å². The van der Waals surface area contributed by atoms with E-state index in [1.807, 2.05) is 12.1 Å². The minimum atomic E-state index is -0.777. The molecular weight excluding hydrogens is 338 g/mol. The Balaban J connectivity index is 1.45. The first-order chi connectivity index (χ1) is 13.1. The molecule has 1 fully saturated rings. The molecule has 0 unspecified atom stereocenters. The van der Waals surface area contributed by atoms with E-state index in [0.29, 0.717) is 11.8 Å². The van der Waals surface area contributed by atoms with Crippen LogP contribution in [0.2, 0.25) is 0 Å². The van der Waals surface area contributed by atoms with Gasteiger partial charge in [0.15, 0.2) is 11.6 Å². The van der Waals surface area contributed by atoms with Gasteiger partial charge >= 0.3 is 0 Å². The van der Waals surface area contributed by atoms with E-state index in [-0.39, 0.29) is 0 Å². The summed E-state index contributed by atoms with van der Waals surface area (Å²) in [5.74, 6) is -0.391. The molecule has 1 aliphatic carbocycles. The lowest BCUT2D eigenvalue weighted by molar-refractivity contribution is 0.396. The zero-order chi connectivity index (χ0) is 18.8. The topological polar surface area (TPSA) is 0 Å². The molecule has 0 N–H and O–H groups in total. The summed E-state index contributed by atoms with van der Waals surface area (Å²) in [4.78, 5) is 0. The number of hydrogen-bond donors (Lipinski definition) is 0. The Labute approximate surface area is 160 Å². The minimum absolute atomic E-state index is 0.512. The largest absolute Gasteiger partial charge is 0.204 e. The monoisotopic (exact) mass is 364 g/mol. The Morgan fingerprint density at radius 3 is 1.89 bits per heavy atom. The molecule has 0 aliphatic heterocycles. The van der Waals surface area contributed by atoms with Crippen molar-refractivity contribution < 1.29 is 8.78 Å². The average molecular weight is 364 g/mol. The molecule has 1 saturated carbocycles. The van der Waals surface area contributed by atoms with E-state index in [2.05, 4.69) is 37.3 Å². The molecule has 3 aromatic carbocycles. The van der Waals surface area contributed by atoms with Gasteiger partial charge in [0.2, 0.25) is 0 Å². The molecule has 0 saturated heterocycles. The van der Waals surface area contributed by atoms with Gasteiger partial charge in [0, 0.05) is 0 Å². The summed E-state index contributed by atoms with van der Waals surface area (Å²) in [6, 6.07) is 17.8. The summed E-state index contributed by atoms with van der Waals surface area (Å²) in [6.07, 6.45) is 7.01. The number of halogens is 2. The first kappa shape index (κ1) is 18.2. The lowest BCUT2D eigenvalue weighted by atomic mass is 9.76. The molecule has 4 rings (SSSR count). The Hall–Kier alpha value is -2.22. The van der Waals surface area contributed by atoms with Crippen molar-refractivity contribution in [2.45, 2.75) is 57.3 Å². The molecule has 0 bridgehead atoms. The van der Waals surface area contributed by atoms with Crippen molar-refractivity contribution >= 4 is 10.8 Å². The van der Waals surface area contributed by atoms with E-state index < -0.39 is 11.6 Å². The molecule has 0 heterocycles. The van der Waals surface area contributed by atoms with Gasteiger partial charge in [-0.25, -0.2) is 8.78 Å². The molecule has 0 amide bonds. The highest BCUT2D eigenvalue weighted by atomic mass is 19.2. The molecule has 0 radical (unpaired) electrons. The van der Waals surface area contributed by atoms with Gasteiger partial charge in [0.25, 0.3) is 0 Å². The summed E-state index contributed by atoms with van der Waals surface area (Å²) in [7, 11) is 0. The van der Waals surface area contributed by atoms with Gasteiger partial charge in [-0.3, -0.25) is 0 Å². The Kier molecular flexibility index (Phi) is 5.24. The fourth-order valence-corrected chi connectivity index (χ4v) is 4.52. The molecule has 0 nitrogen and oxygen atoms in total. The fraction of sp³-hybridized carbons (Fsp3) is 0.360. The highest BCUT2D eigenvalue weighted by Crippen LogP contribution is 2.41. The van der Waals surface area contributed by atoms with Crippen LogP contribution < -0.4 is 0 Å². The quantitative estimate of drug-likeness (QED) is 0.449. The van der Waals surface area contributed by atoms with Crippen molar-refractivity contribution in [3.8, 4) is 0 Å². The van der Waals surface area contributed by atoms with E-state index in [4.69, 9.17) is 0 Å². The number of benzene rings is 3. The average Bonchev–Trinajstić information content (AvgIpc) is 2.70. The van der Waals surface area contributed by atoms with Gasteiger partial charge in [-0.1, -0.05) is 55.8 Å². The maximum atomic E-state index is 13.6. The SMILES string of the molecule is CCCc1ccc(C2CCC(c3ccc4cc(F)c(F)cc4c3)CC2)cc1. The normalized spacial score (nSPS) is 20.1. The molecule has 0 spiro atoms. The Bertz CT molecular complexity index is 919. The predicted molar refractivity (Wildman–Crippen MR) is 108 cm³/mol. The van der Waals surface area contributed by atoms with Gasteiger partial charge in [0.05, 0.1) is 0 Å². The third-order valence-electron chi connectivity index (χ3n) is 6.09. The standard InChI is InChI=1S/C25H26F2/c1-2-3-17-4-6-18(7-5-17)19-8-10-20(11-9-19)21-12-13-22-15-24(26)25(27)16-23(22)14-21/h4-7,12-16,19-20H,2-3,8-11H2,1H3. The maximum absolute atomic E-state index is 13.6.